The first kappa shape index (κ1) is 18.7. The Morgan fingerprint density at radius 1 is 1.32 bits per heavy atom. The number of likely N-dealkylation sites (tertiary alicyclic amines) is 1. The number of pyridine rings is 1. The third-order valence-corrected chi connectivity index (χ3v) is 5.42. The summed E-state index contributed by atoms with van der Waals surface area (Å²) in [5.41, 5.74) is -0.769. The summed E-state index contributed by atoms with van der Waals surface area (Å²) in [6.07, 6.45) is 1.42. The van der Waals surface area contributed by atoms with Crippen molar-refractivity contribution in [1.82, 2.24) is 24.2 Å². The number of halogens is 2. The van der Waals surface area contributed by atoms with Gasteiger partial charge in [0.2, 0.25) is 5.91 Å². The van der Waals surface area contributed by atoms with Gasteiger partial charge < -0.3 is 10.0 Å². The highest BCUT2D eigenvalue weighted by molar-refractivity contribution is 5.81. The number of hydrogen-bond acceptors (Lipinski definition) is 5. The first-order chi connectivity index (χ1) is 13.3. The lowest BCUT2D eigenvalue weighted by atomic mass is 10.0. The third-order valence-electron chi connectivity index (χ3n) is 5.42. The first-order valence-electron chi connectivity index (χ1n) is 9.31. The van der Waals surface area contributed by atoms with E-state index in [-0.39, 0.29) is 24.0 Å². The van der Waals surface area contributed by atoms with Crippen LogP contribution < -0.4 is 5.69 Å². The molecule has 1 saturated heterocycles. The molecule has 2 aliphatic rings. The first-order valence-corrected chi connectivity index (χ1v) is 9.31. The second kappa shape index (κ2) is 7.08. The second-order valence-electron chi connectivity index (χ2n) is 7.54. The zero-order valence-electron chi connectivity index (χ0n) is 15.4. The van der Waals surface area contributed by atoms with E-state index in [2.05, 4.69) is 17.0 Å². The maximum Gasteiger partial charge on any atom is 0.347 e. The van der Waals surface area contributed by atoms with Gasteiger partial charge in [0.05, 0.1) is 18.4 Å². The van der Waals surface area contributed by atoms with Crippen LogP contribution in [0.2, 0.25) is 0 Å². The van der Waals surface area contributed by atoms with Gasteiger partial charge in [-0.3, -0.25) is 14.3 Å². The van der Waals surface area contributed by atoms with Crippen LogP contribution in [0.15, 0.2) is 17.1 Å². The van der Waals surface area contributed by atoms with Crippen LogP contribution >= 0.6 is 0 Å². The molecule has 3 atom stereocenters. The lowest BCUT2D eigenvalue weighted by Crippen LogP contribution is -2.42. The summed E-state index contributed by atoms with van der Waals surface area (Å²) < 4.78 is 29.1. The molecule has 1 amide bonds. The number of aromatic nitrogens is 4. The Kier molecular flexibility index (Phi) is 4.74. The molecular formula is C18H21F2N5O3. The number of aliphatic hydroxyl groups excluding tert-OH is 1. The summed E-state index contributed by atoms with van der Waals surface area (Å²) in [6, 6.07) is -0.0602. The molecule has 4 heterocycles. The molecule has 2 aromatic rings. The fourth-order valence-corrected chi connectivity index (χ4v) is 3.92. The number of fused-ring (bicyclic) bond motifs is 1. The van der Waals surface area contributed by atoms with Crippen molar-refractivity contribution in [2.24, 2.45) is 5.92 Å². The largest absolute Gasteiger partial charge is 0.385 e. The fourth-order valence-electron chi connectivity index (χ4n) is 3.92. The molecule has 10 heteroatoms. The number of hydrogen-bond donors (Lipinski definition) is 1. The minimum absolute atomic E-state index is 0.0874. The van der Waals surface area contributed by atoms with Gasteiger partial charge in [0.25, 0.3) is 0 Å². The average Bonchev–Trinajstić information content (AvgIpc) is 3.22. The Hall–Kier alpha value is -2.62. The average molecular weight is 393 g/mol. The highest BCUT2D eigenvalue weighted by Gasteiger charge is 2.38. The van der Waals surface area contributed by atoms with Crippen LogP contribution in [0.1, 0.15) is 49.9 Å². The van der Waals surface area contributed by atoms with E-state index in [4.69, 9.17) is 0 Å². The molecule has 4 rings (SSSR count). The van der Waals surface area contributed by atoms with Crippen molar-refractivity contribution in [3.8, 4) is 0 Å². The Morgan fingerprint density at radius 2 is 2.11 bits per heavy atom. The van der Waals surface area contributed by atoms with Gasteiger partial charge in [-0.25, -0.2) is 18.3 Å². The van der Waals surface area contributed by atoms with Gasteiger partial charge in [-0.05, 0) is 25.2 Å². The molecule has 2 aliphatic heterocycles. The van der Waals surface area contributed by atoms with Crippen molar-refractivity contribution in [3.05, 3.63) is 45.9 Å². The van der Waals surface area contributed by atoms with Gasteiger partial charge in [0.1, 0.15) is 23.8 Å². The van der Waals surface area contributed by atoms with Gasteiger partial charge in [0.15, 0.2) is 5.82 Å². The molecule has 0 spiro atoms. The number of aliphatic hydroxyl groups is 1. The van der Waals surface area contributed by atoms with Gasteiger partial charge in [-0.15, -0.1) is 0 Å². The number of carbonyl (C=O) groups excluding carboxylic acids is 1. The number of carbonyl (C=O) groups is 1. The van der Waals surface area contributed by atoms with Crippen LogP contribution in [0.5, 0.6) is 0 Å². The van der Waals surface area contributed by atoms with Gasteiger partial charge >= 0.3 is 5.69 Å². The highest BCUT2D eigenvalue weighted by Crippen LogP contribution is 2.31. The smallest absolute Gasteiger partial charge is 0.347 e. The van der Waals surface area contributed by atoms with Crippen LogP contribution in [0, 0.1) is 17.6 Å². The summed E-state index contributed by atoms with van der Waals surface area (Å²) in [6.45, 7) is 3.03. The van der Waals surface area contributed by atoms with Crippen molar-refractivity contribution in [1.29, 1.82) is 0 Å². The van der Waals surface area contributed by atoms with Gasteiger partial charge in [0, 0.05) is 19.2 Å². The van der Waals surface area contributed by atoms with Crippen LogP contribution in [-0.4, -0.2) is 48.3 Å². The number of amides is 1. The molecule has 0 aromatic carbocycles. The maximum atomic E-state index is 13.9. The van der Waals surface area contributed by atoms with Crippen LogP contribution in [0.3, 0.4) is 0 Å². The summed E-state index contributed by atoms with van der Waals surface area (Å²) in [7, 11) is 0. The van der Waals surface area contributed by atoms with E-state index in [1.54, 1.807) is 4.90 Å². The molecule has 0 bridgehead atoms. The van der Waals surface area contributed by atoms with Crippen LogP contribution in [0.4, 0.5) is 8.78 Å². The monoisotopic (exact) mass is 393 g/mol. The molecule has 0 saturated carbocycles. The van der Waals surface area contributed by atoms with E-state index < -0.39 is 29.5 Å². The zero-order valence-corrected chi connectivity index (χ0v) is 15.4. The van der Waals surface area contributed by atoms with Gasteiger partial charge in [-0.1, -0.05) is 6.92 Å². The van der Waals surface area contributed by atoms with Crippen molar-refractivity contribution in [2.75, 3.05) is 13.1 Å². The van der Waals surface area contributed by atoms with E-state index in [1.807, 2.05) is 0 Å². The third kappa shape index (κ3) is 3.21. The van der Waals surface area contributed by atoms with E-state index in [0.29, 0.717) is 37.9 Å². The van der Waals surface area contributed by atoms with Crippen LogP contribution in [0.25, 0.3) is 0 Å². The topological polar surface area (TPSA) is 93.2 Å². The highest BCUT2D eigenvalue weighted by atomic mass is 19.1. The SMILES string of the molecule is C[C@H]1CCN(C(=O)[C@@H]2CCC(O)c3nn(Cc4ncc(F)cc4F)c(=O)n32)C1. The molecule has 1 fully saturated rings. The van der Waals surface area contributed by atoms with E-state index >= 15 is 0 Å². The van der Waals surface area contributed by atoms with Crippen molar-refractivity contribution in [3.63, 3.8) is 0 Å². The minimum Gasteiger partial charge on any atom is -0.385 e. The Bertz CT molecular complexity index is 973. The van der Waals surface area contributed by atoms with Crippen molar-refractivity contribution >= 4 is 5.91 Å². The Morgan fingerprint density at radius 3 is 2.79 bits per heavy atom. The van der Waals surface area contributed by atoms with E-state index in [0.717, 1.165) is 17.3 Å². The van der Waals surface area contributed by atoms with Crippen LogP contribution in [-0.2, 0) is 11.3 Å². The molecule has 1 unspecified atom stereocenters. The van der Waals surface area contributed by atoms with E-state index in [1.165, 1.54) is 4.57 Å². The Labute approximate surface area is 159 Å². The summed E-state index contributed by atoms with van der Waals surface area (Å²) in [5.74, 6) is -1.38. The van der Waals surface area contributed by atoms with Gasteiger partial charge in [-0.2, -0.15) is 5.10 Å². The number of rotatable bonds is 3. The molecule has 8 nitrogen and oxygen atoms in total. The molecule has 1 N–H and O–H groups in total. The second-order valence-corrected chi connectivity index (χ2v) is 7.54. The molecule has 0 radical (unpaired) electrons. The maximum absolute atomic E-state index is 13.9. The lowest BCUT2D eigenvalue weighted by molar-refractivity contribution is -0.135. The van der Waals surface area contributed by atoms with Crippen molar-refractivity contribution in [2.45, 2.75) is 44.9 Å². The normalized spacial score (nSPS) is 24.4. The predicted octanol–water partition coefficient (Wildman–Crippen LogP) is 1.00. The fraction of sp³-hybridized carbons (Fsp3) is 0.556. The quantitative estimate of drug-likeness (QED) is 0.840. The molecule has 2 aromatic heterocycles. The molecule has 150 valence electrons. The molecular weight excluding hydrogens is 372 g/mol. The molecule has 0 aliphatic carbocycles. The number of nitrogens with zero attached hydrogens (tertiary/aromatic N) is 5. The standard InChI is InChI=1S/C18H21F2N5O3/c1-10-4-5-23(8-10)17(27)14-2-3-15(26)16-22-24(18(28)25(14)16)9-13-12(20)6-11(19)7-21-13/h6-7,10,14-15,26H,2-5,8-9H2,1H3/t10-,14-,15?/m0/s1. The minimum atomic E-state index is -0.985. The molecule has 28 heavy (non-hydrogen) atoms. The predicted molar refractivity (Wildman–Crippen MR) is 93.3 cm³/mol. The van der Waals surface area contributed by atoms with E-state index in [9.17, 15) is 23.5 Å². The lowest BCUT2D eigenvalue weighted by Gasteiger charge is -2.29. The summed E-state index contributed by atoms with van der Waals surface area (Å²) in [5, 5.41) is 14.4. The summed E-state index contributed by atoms with van der Waals surface area (Å²) in [4.78, 5) is 31.3. The van der Waals surface area contributed by atoms with Crippen molar-refractivity contribution < 1.29 is 18.7 Å². The Balaban J connectivity index is 1.67. The zero-order chi connectivity index (χ0) is 20.0. The summed E-state index contributed by atoms with van der Waals surface area (Å²) >= 11 is 0.